The maximum atomic E-state index is 4.56. The van der Waals surface area contributed by atoms with Gasteiger partial charge in [0.15, 0.2) is 0 Å². The smallest absolute Gasteiger partial charge is 0.128 e. The Morgan fingerprint density at radius 3 is 2.24 bits per heavy atom. The fourth-order valence-electron chi connectivity index (χ4n) is 2.29. The van der Waals surface area contributed by atoms with Gasteiger partial charge in [0.25, 0.3) is 0 Å². The first-order chi connectivity index (χ1) is 8.20. The predicted octanol–water partition coefficient (Wildman–Crippen LogP) is 1.06. The van der Waals surface area contributed by atoms with E-state index in [0.29, 0.717) is 0 Å². The van der Waals surface area contributed by atoms with Crippen molar-refractivity contribution < 1.29 is 0 Å². The lowest BCUT2D eigenvalue weighted by molar-refractivity contribution is 0.231. The molecule has 94 valence electrons. The first-order valence-corrected chi connectivity index (χ1v) is 6.46. The van der Waals surface area contributed by atoms with Gasteiger partial charge in [0, 0.05) is 56.1 Å². The van der Waals surface area contributed by atoms with Crippen molar-refractivity contribution >= 4 is 0 Å². The Hall–Kier alpha value is -1.00. The van der Waals surface area contributed by atoms with Crippen LogP contribution in [-0.2, 0) is 13.0 Å². The first-order valence-electron chi connectivity index (χ1n) is 6.46. The normalized spacial score (nSPS) is 17.4. The molecule has 0 radical (unpaired) electrons. The van der Waals surface area contributed by atoms with Crippen molar-refractivity contribution in [2.24, 2.45) is 0 Å². The van der Waals surface area contributed by atoms with Gasteiger partial charge in [-0.15, -0.1) is 0 Å². The monoisotopic (exact) mass is 234 g/mol. The molecule has 0 bridgehead atoms. The van der Waals surface area contributed by atoms with Crippen LogP contribution in [0.15, 0.2) is 0 Å². The van der Waals surface area contributed by atoms with E-state index < -0.39 is 0 Å². The van der Waals surface area contributed by atoms with Gasteiger partial charge in [-0.1, -0.05) is 6.92 Å². The van der Waals surface area contributed by atoms with Crippen molar-refractivity contribution in [2.75, 3.05) is 26.2 Å². The number of rotatable bonds is 3. The van der Waals surface area contributed by atoms with Gasteiger partial charge in [-0.3, -0.25) is 4.90 Å². The fraction of sp³-hybridized carbons (Fsp3) is 0.692. The molecular weight excluding hydrogens is 212 g/mol. The summed E-state index contributed by atoms with van der Waals surface area (Å²) in [5.74, 6) is 0.962. The van der Waals surface area contributed by atoms with E-state index in [-0.39, 0.29) is 0 Å². The van der Waals surface area contributed by atoms with Crippen molar-refractivity contribution in [1.82, 2.24) is 20.2 Å². The number of hydrogen-bond acceptors (Lipinski definition) is 4. The van der Waals surface area contributed by atoms with E-state index in [4.69, 9.17) is 0 Å². The lowest BCUT2D eigenvalue weighted by Gasteiger charge is -2.28. The van der Waals surface area contributed by atoms with Gasteiger partial charge in [-0.05, 0) is 13.8 Å². The quantitative estimate of drug-likeness (QED) is 0.849. The van der Waals surface area contributed by atoms with Crippen LogP contribution < -0.4 is 5.32 Å². The molecule has 1 saturated heterocycles. The number of hydrogen-bond donors (Lipinski definition) is 1. The van der Waals surface area contributed by atoms with Gasteiger partial charge in [-0.25, -0.2) is 9.97 Å². The van der Waals surface area contributed by atoms with Gasteiger partial charge in [0.2, 0.25) is 0 Å². The fourth-order valence-corrected chi connectivity index (χ4v) is 2.29. The molecular formula is C13H22N4. The van der Waals surface area contributed by atoms with E-state index in [1.165, 1.54) is 5.56 Å². The number of piperazine rings is 1. The Kier molecular flexibility index (Phi) is 4.07. The van der Waals surface area contributed by atoms with Crippen molar-refractivity contribution in [3.63, 3.8) is 0 Å². The van der Waals surface area contributed by atoms with Crippen LogP contribution in [0.2, 0.25) is 0 Å². The van der Waals surface area contributed by atoms with Crippen LogP contribution >= 0.6 is 0 Å². The molecule has 1 aromatic rings. The molecule has 1 aliphatic heterocycles. The van der Waals surface area contributed by atoms with E-state index in [0.717, 1.165) is 56.4 Å². The largest absolute Gasteiger partial charge is 0.314 e. The zero-order valence-corrected chi connectivity index (χ0v) is 11.1. The summed E-state index contributed by atoms with van der Waals surface area (Å²) in [5, 5.41) is 3.38. The van der Waals surface area contributed by atoms with Crippen LogP contribution in [0, 0.1) is 13.8 Å². The summed E-state index contributed by atoms with van der Waals surface area (Å²) in [7, 11) is 0. The third-order valence-electron chi connectivity index (χ3n) is 3.37. The van der Waals surface area contributed by atoms with Crippen LogP contribution in [0.25, 0.3) is 0 Å². The van der Waals surface area contributed by atoms with Crippen molar-refractivity contribution in [2.45, 2.75) is 33.7 Å². The highest BCUT2D eigenvalue weighted by molar-refractivity contribution is 5.24. The zero-order chi connectivity index (χ0) is 12.3. The minimum Gasteiger partial charge on any atom is -0.314 e. The minimum atomic E-state index is 0.912. The molecule has 2 rings (SSSR count). The molecule has 4 nitrogen and oxygen atoms in total. The number of aromatic nitrogens is 2. The van der Waals surface area contributed by atoms with E-state index in [9.17, 15) is 0 Å². The maximum absolute atomic E-state index is 4.56. The highest BCUT2D eigenvalue weighted by Gasteiger charge is 2.14. The topological polar surface area (TPSA) is 41.1 Å². The zero-order valence-electron chi connectivity index (χ0n) is 11.1. The Balaban J connectivity index is 2.14. The maximum Gasteiger partial charge on any atom is 0.128 e. The Morgan fingerprint density at radius 2 is 1.71 bits per heavy atom. The Bertz CT molecular complexity index is 360. The second-order valence-corrected chi connectivity index (χ2v) is 4.67. The second kappa shape index (κ2) is 5.56. The van der Waals surface area contributed by atoms with E-state index in [1.54, 1.807) is 0 Å². The summed E-state index contributed by atoms with van der Waals surface area (Å²) in [5.41, 5.74) is 3.60. The number of nitrogens with one attached hydrogen (secondary N) is 1. The third-order valence-corrected chi connectivity index (χ3v) is 3.37. The van der Waals surface area contributed by atoms with E-state index >= 15 is 0 Å². The van der Waals surface area contributed by atoms with Crippen LogP contribution in [0.3, 0.4) is 0 Å². The summed E-state index contributed by atoms with van der Waals surface area (Å²) in [4.78, 5) is 11.6. The highest BCUT2D eigenvalue weighted by Crippen LogP contribution is 2.13. The minimum absolute atomic E-state index is 0.912. The molecule has 1 N–H and O–H groups in total. The highest BCUT2D eigenvalue weighted by atomic mass is 15.2. The summed E-state index contributed by atoms with van der Waals surface area (Å²) in [6.07, 6.45) is 0.912. The average molecular weight is 234 g/mol. The molecule has 17 heavy (non-hydrogen) atoms. The SMILES string of the molecule is CCc1nc(C)c(CN2CCNCC2)c(C)n1. The third kappa shape index (κ3) is 3.01. The molecule has 4 heteroatoms. The summed E-state index contributed by atoms with van der Waals surface area (Å²) in [6, 6.07) is 0. The van der Waals surface area contributed by atoms with Gasteiger partial charge in [-0.2, -0.15) is 0 Å². The van der Waals surface area contributed by atoms with E-state index in [1.807, 2.05) is 0 Å². The summed E-state index contributed by atoms with van der Waals surface area (Å²) >= 11 is 0. The second-order valence-electron chi connectivity index (χ2n) is 4.67. The Labute approximate surface area is 103 Å². The van der Waals surface area contributed by atoms with Gasteiger partial charge in [0.05, 0.1) is 0 Å². The summed E-state index contributed by atoms with van der Waals surface area (Å²) < 4.78 is 0. The first kappa shape index (κ1) is 12.5. The lowest BCUT2D eigenvalue weighted by Crippen LogP contribution is -2.43. The van der Waals surface area contributed by atoms with Crippen molar-refractivity contribution in [3.05, 3.63) is 22.8 Å². The van der Waals surface area contributed by atoms with Crippen LogP contribution in [0.1, 0.15) is 29.7 Å². The molecule has 0 amide bonds. The van der Waals surface area contributed by atoms with Gasteiger partial charge >= 0.3 is 0 Å². The van der Waals surface area contributed by atoms with Crippen molar-refractivity contribution in [3.8, 4) is 0 Å². The summed E-state index contributed by atoms with van der Waals surface area (Å²) in [6.45, 7) is 11.7. The molecule has 0 unspecified atom stereocenters. The van der Waals surface area contributed by atoms with Gasteiger partial charge < -0.3 is 5.32 Å². The molecule has 0 spiro atoms. The molecule has 0 aliphatic carbocycles. The molecule has 0 aromatic carbocycles. The predicted molar refractivity (Wildman–Crippen MR) is 69.0 cm³/mol. The van der Waals surface area contributed by atoms with Gasteiger partial charge in [0.1, 0.15) is 5.82 Å². The molecule has 1 aliphatic rings. The van der Waals surface area contributed by atoms with Crippen LogP contribution in [-0.4, -0.2) is 41.0 Å². The van der Waals surface area contributed by atoms with E-state index in [2.05, 4.69) is 41.0 Å². The molecule has 0 atom stereocenters. The molecule has 1 fully saturated rings. The number of aryl methyl sites for hydroxylation is 3. The molecule has 0 saturated carbocycles. The average Bonchev–Trinajstić information content (AvgIpc) is 2.35. The van der Waals surface area contributed by atoms with Crippen LogP contribution in [0.5, 0.6) is 0 Å². The lowest BCUT2D eigenvalue weighted by atomic mass is 10.1. The number of nitrogens with zero attached hydrogens (tertiary/aromatic N) is 3. The van der Waals surface area contributed by atoms with Crippen molar-refractivity contribution in [1.29, 1.82) is 0 Å². The standard InChI is InChI=1S/C13H22N4/c1-4-13-15-10(2)12(11(3)16-13)9-17-7-5-14-6-8-17/h14H,4-9H2,1-3H3. The molecule has 2 heterocycles. The molecule has 1 aromatic heterocycles. The van der Waals surface area contributed by atoms with Crippen LogP contribution in [0.4, 0.5) is 0 Å². The Morgan fingerprint density at radius 1 is 1.12 bits per heavy atom.